The van der Waals surface area contributed by atoms with Crippen LogP contribution in [0.25, 0.3) is 0 Å². The Kier molecular flexibility index (Phi) is 6.59. The molecule has 2 aromatic carbocycles. The van der Waals surface area contributed by atoms with Crippen molar-refractivity contribution in [1.29, 1.82) is 0 Å². The standard InChI is InChI=1S/C19H21N3O3/c1-20-11-6-12-21-15-7-4-5-8-16(15)22-19(23)14-9-10-17(24-2)18(13-14)25-3/h4-13,21H,1-3H3,(H,22,23)/b12-6-,20-11-. The molecular formula is C19H21N3O3. The average Bonchev–Trinajstić information content (AvgIpc) is 2.65. The first-order chi connectivity index (χ1) is 12.2. The Hall–Kier alpha value is -3.28. The van der Waals surface area contributed by atoms with E-state index in [1.807, 2.05) is 24.3 Å². The quantitative estimate of drug-likeness (QED) is 0.756. The van der Waals surface area contributed by atoms with E-state index >= 15 is 0 Å². The molecule has 0 spiro atoms. The number of rotatable bonds is 7. The molecule has 2 aromatic rings. The van der Waals surface area contributed by atoms with Gasteiger partial charge in [-0.1, -0.05) is 12.1 Å². The van der Waals surface area contributed by atoms with E-state index in [0.29, 0.717) is 22.7 Å². The minimum Gasteiger partial charge on any atom is -0.493 e. The summed E-state index contributed by atoms with van der Waals surface area (Å²) in [5, 5.41) is 6.01. The number of hydrogen-bond donors (Lipinski definition) is 2. The summed E-state index contributed by atoms with van der Waals surface area (Å²) in [6.45, 7) is 0. The molecule has 0 saturated heterocycles. The Morgan fingerprint density at radius 3 is 2.44 bits per heavy atom. The maximum atomic E-state index is 12.5. The van der Waals surface area contributed by atoms with Crippen molar-refractivity contribution in [3.05, 3.63) is 60.3 Å². The van der Waals surface area contributed by atoms with Crippen molar-refractivity contribution < 1.29 is 14.3 Å². The highest BCUT2D eigenvalue weighted by atomic mass is 16.5. The summed E-state index contributed by atoms with van der Waals surface area (Å²) in [5.41, 5.74) is 1.92. The smallest absolute Gasteiger partial charge is 0.255 e. The zero-order chi connectivity index (χ0) is 18.1. The molecule has 0 aliphatic carbocycles. The highest BCUT2D eigenvalue weighted by molar-refractivity contribution is 6.06. The second-order valence-corrected chi connectivity index (χ2v) is 4.98. The van der Waals surface area contributed by atoms with Crippen LogP contribution in [0.5, 0.6) is 11.5 Å². The Bertz CT molecular complexity index is 785. The fourth-order valence-electron chi connectivity index (χ4n) is 2.16. The number of ether oxygens (including phenoxy) is 2. The highest BCUT2D eigenvalue weighted by Crippen LogP contribution is 2.28. The first-order valence-electron chi connectivity index (χ1n) is 7.66. The van der Waals surface area contributed by atoms with Crippen molar-refractivity contribution >= 4 is 23.5 Å². The number of hydrogen-bond acceptors (Lipinski definition) is 5. The number of benzene rings is 2. The van der Waals surface area contributed by atoms with Gasteiger partial charge in [0.05, 0.1) is 25.6 Å². The molecule has 1 amide bonds. The third-order valence-corrected chi connectivity index (χ3v) is 3.39. The second kappa shape index (κ2) is 9.12. The lowest BCUT2D eigenvalue weighted by atomic mass is 10.1. The molecule has 2 rings (SSSR count). The molecule has 0 unspecified atom stereocenters. The first-order valence-corrected chi connectivity index (χ1v) is 7.66. The lowest BCUT2D eigenvalue weighted by Gasteiger charge is -2.12. The third kappa shape index (κ3) is 4.84. The molecule has 0 fully saturated rings. The molecule has 130 valence electrons. The molecular weight excluding hydrogens is 318 g/mol. The number of carbonyl (C=O) groups excluding carboxylic acids is 1. The number of allylic oxidation sites excluding steroid dienone is 1. The van der Waals surface area contributed by atoms with Crippen molar-refractivity contribution in [3.63, 3.8) is 0 Å². The van der Waals surface area contributed by atoms with E-state index in [4.69, 9.17) is 9.47 Å². The van der Waals surface area contributed by atoms with Crippen molar-refractivity contribution in [1.82, 2.24) is 0 Å². The second-order valence-electron chi connectivity index (χ2n) is 4.98. The Balaban J connectivity index is 2.18. The van der Waals surface area contributed by atoms with Crippen LogP contribution in [0.15, 0.2) is 59.7 Å². The van der Waals surface area contributed by atoms with E-state index in [2.05, 4.69) is 15.6 Å². The minimum absolute atomic E-state index is 0.241. The van der Waals surface area contributed by atoms with Gasteiger partial charge < -0.3 is 20.1 Å². The molecule has 0 aromatic heterocycles. The summed E-state index contributed by atoms with van der Waals surface area (Å²) in [5.74, 6) is 0.835. The van der Waals surface area contributed by atoms with Gasteiger partial charge in [0.2, 0.25) is 0 Å². The summed E-state index contributed by atoms with van der Waals surface area (Å²) >= 11 is 0. The minimum atomic E-state index is -0.241. The van der Waals surface area contributed by atoms with E-state index in [-0.39, 0.29) is 5.91 Å². The summed E-state index contributed by atoms with van der Waals surface area (Å²) in [6.07, 6.45) is 5.18. The molecule has 6 nitrogen and oxygen atoms in total. The van der Waals surface area contributed by atoms with Gasteiger partial charge in [0.15, 0.2) is 11.5 Å². The number of anilines is 2. The van der Waals surface area contributed by atoms with E-state index in [1.165, 1.54) is 7.11 Å². The normalized spacial score (nSPS) is 10.8. The van der Waals surface area contributed by atoms with Crippen LogP contribution in [0.1, 0.15) is 10.4 Å². The maximum Gasteiger partial charge on any atom is 0.255 e. The fraction of sp³-hybridized carbons (Fsp3) is 0.158. The Morgan fingerprint density at radius 1 is 1.04 bits per heavy atom. The molecule has 0 aliphatic heterocycles. The summed E-state index contributed by atoms with van der Waals surface area (Å²) in [7, 11) is 4.78. The highest BCUT2D eigenvalue weighted by Gasteiger charge is 2.12. The van der Waals surface area contributed by atoms with Gasteiger partial charge in [0.1, 0.15) is 0 Å². The van der Waals surface area contributed by atoms with Crippen LogP contribution in [0, 0.1) is 0 Å². The zero-order valence-electron chi connectivity index (χ0n) is 14.4. The number of para-hydroxylation sites is 2. The van der Waals surface area contributed by atoms with Gasteiger partial charge in [-0.25, -0.2) is 0 Å². The fourth-order valence-corrected chi connectivity index (χ4v) is 2.16. The van der Waals surface area contributed by atoms with E-state index in [1.54, 1.807) is 50.8 Å². The number of nitrogens with zero attached hydrogens (tertiary/aromatic N) is 1. The molecule has 0 aliphatic rings. The van der Waals surface area contributed by atoms with Crippen LogP contribution in [0.2, 0.25) is 0 Å². The first kappa shape index (κ1) is 18.1. The molecule has 0 heterocycles. The molecule has 2 N–H and O–H groups in total. The predicted octanol–water partition coefficient (Wildman–Crippen LogP) is 3.58. The molecule has 0 radical (unpaired) electrons. The monoisotopic (exact) mass is 339 g/mol. The molecule has 6 heteroatoms. The third-order valence-electron chi connectivity index (χ3n) is 3.39. The summed E-state index contributed by atoms with van der Waals surface area (Å²) < 4.78 is 10.4. The Morgan fingerprint density at radius 2 is 1.76 bits per heavy atom. The number of aliphatic imine (C=N–C) groups is 1. The van der Waals surface area contributed by atoms with Gasteiger partial charge in [-0.15, -0.1) is 0 Å². The molecule has 0 saturated carbocycles. The van der Waals surface area contributed by atoms with Crippen LogP contribution in [0.4, 0.5) is 11.4 Å². The summed E-state index contributed by atoms with van der Waals surface area (Å²) in [6, 6.07) is 12.5. The van der Waals surface area contributed by atoms with Crippen LogP contribution < -0.4 is 20.1 Å². The average molecular weight is 339 g/mol. The van der Waals surface area contributed by atoms with Gasteiger partial charge in [-0.05, 0) is 36.4 Å². The number of carbonyl (C=O) groups is 1. The lowest BCUT2D eigenvalue weighted by Crippen LogP contribution is -2.13. The summed E-state index contributed by atoms with van der Waals surface area (Å²) in [4.78, 5) is 16.4. The lowest BCUT2D eigenvalue weighted by molar-refractivity contribution is 0.102. The van der Waals surface area contributed by atoms with Crippen molar-refractivity contribution in [2.75, 3.05) is 31.9 Å². The van der Waals surface area contributed by atoms with Crippen molar-refractivity contribution in [2.24, 2.45) is 4.99 Å². The number of nitrogens with one attached hydrogen (secondary N) is 2. The van der Waals surface area contributed by atoms with Gasteiger partial charge in [0, 0.05) is 25.0 Å². The van der Waals surface area contributed by atoms with Crippen LogP contribution in [0.3, 0.4) is 0 Å². The van der Waals surface area contributed by atoms with Crippen molar-refractivity contribution in [3.8, 4) is 11.5 Å². The topological polar surface area (TPSA) is 72.0 Å². The predicted molar refractivity (Wildman–Crippen MR) is 101 cm³/mol. The van der Waals surface area contributed by atoms with Crippen molar-refractivity contribution in [2.45, 2.75) is 0 Å². The van der Waals surface area contributed by atoms with Gasteiger partial charge in [-0.3, -0.25) is 9.79 Å². The van der Waals surface area contributed by atoms with Crippen LogP contribution in [-0.2, 0) is 0 Å². The van der Waals surface area contributed by atoms with E-state index in [0.717, 1.165) is 5.69 Å². The van der Waals surface area contributed by atoms with E-state index < -0.39 is 0 Å². The van der Waals surface area contributed by atoms with Crippen LogP contribution in [-0.4, -0.2) is 33.4 Å². The molecule has 0 bridgehead atoms. The molecule has 0 atom stereocenters. The number of methoxy groups -OCH3 is 2. The van der Waals surface area contributed by atoms with Crippen LogP contribution >= 0.6 is 0 Å². The maximum absolute atomic E-state index is 12.5. The SMILES string of the molecule is C/N=C\C=C/Nc1ccccc1NC(=O)c1ccc(OC)c(OC)c1. The largest absolute Gasteiger partial charge is 0.493 e. The molecule has 25 heavy (non-hydrogen) atoms. The van der Waals surface area contributed by atoms with Gasteiger partial charge >= 0.3 is 0 Å². The van der Waals surface area contributed by atoms with Gasteiger partial charge in [-0.2, -0.15) is 0 Å². The van der Waals surface area contributed by atoms with E-state index in [9.17, 15) is 4.79 Å². The number of amides is 1. The van der Waals surface area contributed by atoms with Gasteiger partial charge in [0.25, 0.3) is 5.91 Å². The zero-order valence-corrected chi connectivity index (χ0v) is 14.4. The Labute approximate surface area is 147 Å².